The van der Waals surface area contributed by atoms with E-state index in [9.17, 15) is 15.0 Å². The molecule has 3 unspecified atom stereocenters. The fraction of sp³-hybridized carbons (Fsp3) is 0.967. The predicted octanol–water partition coefficient (Wildman–Crippen LogP) is 5.11. The van der Waals surface area contributed by atoms with E-state index in [1.54, 1.807) is 0 Å². The Labute approximate surface area is 211 Å². The first kappa shape index (κ1) is 24.7. The van der Waals surface area contributed by atoms with Gasteiger partial charge in [-0.1, -0.05) is 34.6 Å². The lowest BCUT2D eigenvalue weighted by Gasteiger charge is -2.63. The minimum Gasteiger partial charge on any atom is -0.463 e. The highest BCUT2D eigenvalue weighted by Crippen LogP contribution is 2.89. The first-order valence-electron chi connectivity index (χ1n) is 14.4. The number of carbonyl (C=O) groups is 1. The van der Waals surface area contributed by atoms with Crippen molar-refractivity contribution >= 4 is 5.97 Å². The van der Waals surface area contributed by atoms with Crippen LogP contribution in [-0.2, 0) is 14.3 Å². The molecule has 1 aliphatic heterocycles. The summed E-state index contributed by atoms with van der Waals surface area (Å²) in [5, 5.41) is 23.1. The van der Waals surface area contributed by atoms with Gasteiger partial charge in [0.15, 0.2) is 0 Å². The molecule has 0 aromatic heterocycles. The second kappa shape index (κ2) is 7.05. The zero-order valence-corrected chi connectivity index (χ0v) is 23.0. The highest BCUT2D eigenvalue weighted by Gasteiger charge is 2.84. The Bertz CT molecular complexity index is 932. The molecule has 5 saturated carbocycles. The molecule has 0 aromatic rings. The van der Waals surface area contributed by atoms with Gasteiger partial charge in [-0.05, 0) is 104 Å². The molecule has 1 heterocycles. The number of aliphatic hydroxyl groups is 2. The van der Waals surface area contributed by atoms with E-state index in [1.165, 1.54) is 26.2 Å². The largest absolute Gasteiger partial charge is 0.463 e. The van der Waals surface area contributed by atoms with Crippen LogP contribution in [0.4, 0.5) is 0 Å². The van der Waals surface area contributed by atoms with Crippen LogP contribution in [-0.4, -0.2) is 46.7 Å². The summed E-state index contributed by atoms with van der Waals surface area (Å²) in [5.41, 5.74) is -0.0429. The van der Waals surface area contributed by atoms with Crippen molar-refractivity contribution in [2.24, 2.45) is 50.7 Å². The standard InChI is InChI=1S/C30H48O5/c1-17-14-26(5,16-34-18(2)31)35-23-22(17)27(6)12-13-30-15-29(30)11-10-21(32)25(3,4)19(29)8-9-20(30)28(27,7)24(23)33/h17,19-24,32-33H,8-16H2,1-7H3/t17-,19+,20+,21+,22?,23?,24+,26-,27-,28-,29-,30?/m1/s1. The Balaban J connectivity index is 1.36. The van der Waals surface area contributed by atoms with E-state index in [0.29, 0.717) is 34.5 Å². The zero-order valence-electron chi connectivity index (χ0n) is 23.0. The molecule has 2 N–H and O–H groups in total. The molecule has 12 atom stereocenters. The van der Waals surface area contributed by atoms with Gasteiger partial charge >= 0.3 is 5.97 Å². The second-order valence-electron chi connectivity index (χ2n) is 15.2. The Hall–Kier alpha value is -0.650. The van der Waals surface area contributed by atoms with Crippen molar-refractivity contribution in [3.63, 3.8) is 0 Å². The Morgan fingerprint density at radius 1 is 0.971 bits per heavy atom. The van der Waals surface area contributed by atoms with Gasteiger partial charge in [-0.3, -0.25) is 4.79 Å². The van der Waals surface area contributed by atoms with E-state index in [2.05, 4.69) is 41.5 Å². The topological polar surface area (TPSA) is 76.0 Å². The molecular formula is C30H48O5. The zero-order chi connectivity index (χ0) is 25.4. The molecule has 0 radical (unpaired) electrons. The van der Waals surface area contributed by atoms with Gasteiger partial charge in [0.1, 0.15) is 12.2 Å². The van der Waals surface area contributed by atoms with Gasteiger partial charge in [0.05, 0.1) is 18.3 Å². The van der Waals surface area contributed by atoms with Crippen molar-refractivity contribution in [2.75, 3.05) is 6.61 Å². The van der Waals surface area contributed by atoms with Crippen molar-refractivity contribution in [3.05, 3.63) is 0 Å². The summed E-state index contributed by atoms with van der Waals surface area (Å²) in [6.45, 7) is 15.6. The van der Waals surface area contributed by atoms with Gasteiger partial charge in [-0.2, -0.15) is 0 Å². The third kappa shape index (κ3) is 2.74. The molecule has 5 nitrogen and oxygen atoms in total. The van der Waals surface area contributed by atoms with Gasteiger partial charge in [-0.25, -0.2) is 0 Å². The summed E-state index contributed by atoms with van der Waals surface area (Å²) >= 11 is 0. The highest BCUT2D eigenvalue weighted by molar-refractivity contribution is 5.65. The first-order valence-corrected chi connectivity index (χ1v) is 14.4. The van der Waals surface area contributed by atoms with Crippen molar-refractivity contribution in [1.82, 2.24) is 0 Å². The van der Waals surface area contributed by atoms with Crippen molar-refractivity contribution in [1.29, 1.82) is 0 Å². The molecule has 2 spiro atoms. The molecule has 5 heteroatoms. The molecule has 6 aliphatic rings. The molecule has 1 saturated heterocycles. The maximum Gasteiger partial charge on any atom is 0.302 e. The fourth-order valence-electron chi connectivity index (χ4n) is 12.1. The molecule has 6 rings (SSSR count). The summed E-state index contributed by atoms with van der Waals surface area (Å²) in [7, 11) is 0. The molecular weight excluding hydrogens is 440 g/mol. The summed E-state index contributed by atoms with van der Waals surface area (Å²) in [5.74, 6) is 1.54. The van der Waals surface area contributed by atoms with E-state index in [0.717, 1.165) is 32.1 Å². The number of esters is 1. The molecule has 0 bridgehead atoms. The number of rotatable bonds is 2. The monoisotopic (exact) mass is 488 g/mol. The number of ether oxygens (including phenoxy) is 2. The lowest BCUT2D eigenvalue weighted by Crippen LogP contribution is -2.59. The molecule has 5 aliphatic carbocycles. The predicted molar refractivity (Wildman–Crippen MR) is 133 cm³/mol. The van der Waals surface area contributed by atoms with Gasteiger partial charge in [0.25, 0.3) is 0 Å². The highest BCUT2D eigenvalue weighted by atomic mass is 16.6. The summed E-state index contributed by atoms with van der Waals surface area (Å²) in [6.07, 6.45) is 8.07. The van der Waals surface area contributed by atoms with Crippen LogP contribution < -0.4 is 0 Å². The van der Waals surface area contributed by atoms with Crippen LogP contribution in [0.5, 0.6) is 0 Å². The van der Waals surface area contributed by atoms with Crippen LogP contribution >= 0.6 is 0 Å². The van der Waals surface area contributed by atoms with E-state index in [4.69, 9.17) is 9.47 Å². The van der Waals surface area contributed by atoms with Crippen LogP contribution in [0.3, 0.4) is 0 Å². The molecule has 0 amide bonds. The Morgan fingerprint density at radius 3 is 2.31 bits per heavy atom. The SMILES string of the molecule is CC(=O)OC[C@@]1(C)C[C@@H](C)C2C(O1)[C@H](O)[C@@]1(C)[C@@H]3CC[C@H]4C(C)(C)[C@@H](O)CC[C@@]45CC35CC[C@]21C. The Kier molecular flexibility index (Phi) is 4.97. The fourth-order valence-corrected chi connectivity index (χ4v) is 12.1. The average Bonchev–Trinajstić information content (AvgIpc) is 3.40. The van der Waals surface area contributed by atoms with Gasteiger partial charge in [0, 0.05) is 12.3 Å². The number of carbonyl (C=O) groups excluding carboxylic acids is 1. The summed E-state index contributed by atoms with van der Waals surface area (Å²) in [6, 6.07) is 0. The molecule has 0 aromatic carbocycles. The van der Waals surface area contributed by atoms with E-state index < -0.39 is 11.7 Å². The van der Waals surface area contributed by atoms with E-state index >= 15 is 0 Å². The van der Waals surface area contributed by atoms with E-state index in [-0.39, 0.29) is 41.0 Å². The maximum absolute atomic E-state index is 12.2. The third-order valence-corrected chi connectivity index (χ3v) is 13.6. The minimum absolute atomic E-state index is 0.0210. The van der Waals surface area contributed by atoms with Crippen LogP contribution in [0.2, 0.25) is 0 Å². The van der Waals surface area contributed by atoms with Crippen LogP contribution in [0.15, 0.2) is 0 Å². The number of fused-ring (bicyclic) bond motifs is 4. The lowest BCUT2D eigenvalue weighted by atomic mass is 9.41. The Morgan fingerprint density at radius 2 is 1.63 bits per heavy atom. The quantitative estimate of drug-likeness (QED) is 0.528. The average molecular weight is 489 g/mol. The summed E-state index contributed by atoms with van der Waals surface area (Å²) in [4.78, 5) is 11.5. The number of aliphatic hydroxyl groups excluding tert-OH is 2. The molecule has 6 fully saturated rings. The summed E-state index contributed by atoms with van der Waals surface area (Å²) < 4.78 is 12.2. The third-order valence-electron chi connectivity index (χ3n) is 13.6. The van der Waals surface area contributed by atoms with Gasteiger partial charge in [0.2, 0.25) is 0 Å². The van der Waals surface area contributed by atoms with Crippen LogP contribution in [0.1, 0.15) is 99.8 Å². The van der Waals surface area contributed by atoms with Gasteiger partial charge in [-0.15, -0.1) is 0 Å². The van der Waals surface area contributed by atoms with E-state index in [1.807, 2.05) is 0 Å². The smallest absolute Gasteiger partial charge is 0.302 e. The number of hydrogen-bond acceptors (Lipinski definition) is 5. The normalized spacial score (nSPS) is 59.9. The molecule has 35 heavy (non-hydrogen) atoms. The minimum atomic E-state index is -0.548. The van der Waals surface area contributed by atoms with Crippen molar-refractivity contribution in [2.45, 2.75) is 124 Å². The van der Waals surface area contributed by atoms with Crippen molar-refractivity contribution in [3.8, 4) is 0 Å². The maximum atomic E-state index is 12.2. The van der Waals surface area contributed by atoms with Crippen LogP contribution in [0.25, 0.3) is 0 Å². The first-order chi connectivity index (χ1) is 16.2. The lowest BCUT2D eigenvalue weighted by molar-refractivity contribution is -0.209. The second-order valence-corrected chi connectivity index (χ2v) is 15.2. The van der Waals surface area contributed by atoms with Crippen LogP contribution in [0, 0.1) is 50.7 Å². The van der Waals surface area contributed by atoms with Crippen molar-refractivity contribution < 1.29 is 24.5 Å². The molecule has 198 valence electrons. The number of hydrogen-bond donors (Lipinski definition) is 2. The van der Waals surface area contributed by atoms with Gasteiger partial charge < -0.3 is 19.7 Å².